The van der Waals surface area contributed by atoms with Gasteiger partial charge in [-0.25, -0.2) is 4.68 Å². The number of Topliss-reactive ketones (excluding diaryl/α,β-unsaturated/α-hetero) is 1. The van der Waals surface area contributed by atoms with E-state index >= 15 is 0 Å². The molecule has 1 fully saturated rings. The summed E-state index contributed by atoms with van der Waals surface area (Å²) in [6.45, 7) is 4.14. The van der Waals surface area contributed by atoms with E-state index in [9.17, 15) is 4.79 Å². The lowest BCUT2D eigenvalue weighted by molar-refractivity contribution is 0.0911. The van der Waals surface area contributed by atoms with Crippen LogP contribution in [0.4, 0.5) is 0 Å². The van der Waals surface area contributed by atoms with Crippen molar-refractivity contribution >= 4 is 21.7 Å². The quantitative estimate of drug-likeness (QED) is 0.771. The zero-order chi connectivity index (χ0) is 11.5. The van der Waals surface area contributed by atoms with Crippen LogP contribution in [-0.4, -0.2) is 58.4 Å². The number of hydrogen-bond donors (Lipinski definition) is 1. The standard InChI is InChI=1S/C9H14BrN5O/c1-14-8(9(10)12-13-14)7(16)6-15-4-2-11-3-5-15/h11H,2-6H2,1H3. The highest BCUT2D eigenvalue weighted by Crippen LogP contribution is 2.12. The predicted octanol–water partition coefficient (Wildman–Crippen LogP) is -0.335. The van der Waals surface area contributed by atoms with Crippen LogP contribution in [-0.2, 0) is 7.05 Å². The lowest BCUT2D eigenvalue weighted by atomic mass is 10.2. The van der Waals surface area contributed by atoms with Crippen LogP contribution in [0.3, 0.4) is 0 Å². The van der Waals surface area contributed by atoms with Crippen molar-refractivity contribution < 1.29 is 4.79 Å². The first-order chi connectivity index (χ1) is 7.68. The molecule has 1 aliphatic rings. The Morgan fingerprint density at radius 2 is 2.19 bits per heavy atom. The van der Waals surface area contributed by atoms with Gasteiger partial charge in [-0.3, -0.25) is 9.69 Å². The minimum Gasteiger partial charge on any atom is -0.314 e. The highest BCUT2D eigenvalue weighted by Gasteiger charge is 2.20. The molecule has 2 heterocycles. The molecule has 7 heteroatoms. The summed E-state index contributed by atoms with van der Waals surface area (Å²) in [5.41, 5.74) is 0.540. The maximum atomic E-state index is 12.0. The van der Waals surface area contributed by atoms with Gasteiger partial charge >= 0.3 is 0 Å². The van der Waals surface area contributed by atoms with E-state index in [0.29, 0.717) is 16.8 Å². The molecule has 0 atom stereocenters. The van der Waals surface area contributed by atoms with Crippen LogP contribution in [0.2, 0.25) is 0 Å². The molecule has 0 aromatic carbocycles. The number of nitrogens with one attached hydrogen (secondary N) is 1. The van der Waals surface area contributed by atoms with Crippen LogP contribution in [0.15, 0.2) is 4.60 Å². The van der Waals surface area contributed by atoms with Crippen molar-refractivity contribution in [2.24, 2.45) is 7.05 Å². The van der Waals surface area contributed by atoms with E-state index in [1.54, 1.807) is 7.05 Å². The van der Waals surface area contributed by atoms with E-state index in [1.807, 2.05) is 0 Å². The number of aromatic nitrogens is 3. The van der Waals surface area contributed by atoms with Gasteiger partial charge in [0, 0.05) is 33.2 Å². The summed E-state index contributed by atoms with van der Waals surface area (Å²) in [5, 5.41) is 10.9. The molecule has 0 saturated carbocycles. The Morgan fingerprint density at radius 1 is 1.50 bits per heavy atom. The Kier molecular flexibility index (Phi) is 3.67. The second kappa shape index (κ2) is 5.03. The van der Waals surface area contributed by atoms with E-state index in [-0.39, 0.29) is 5.78 Å². The van der Waals surface area contributed by atoms with Gasteiger partial charge in [0.2, 0.25) is 0 Å². The second-order valence-electron chi connectivity index (χ2n) is 3.80. The Morgan fingerprint density at radius 3 is 2.75 bits per heavy atom. The van der Waals surface area contributed by atoms with Gasteiger partial charge in [-0.2, -0.15) is 0 Å². The Bertz CT molecular complexity index is 366. The van der Waals surface area contributed by atoms with E-state index in [0.717, 1.165) is 26.2 Å². The number of piperazine rings is 1. The third-order valence-corrected chi connectivity index (χ3v) is 3.16. The molecule has 0 amide bonds. The fourth-order valence-electron chi connectivity index (χ4n) is 1.77. The number of nitrogens with zero attached hydrogens (tertiary/aromatic N) is 4. The van der Waals surface area contributed by atoms with E-state index in [2.05, 4.69) is 36.5 Å². The molecule has 0 unspecified atom stereocenters. The summed E-state index contributed by atoms with van der Waals surface area (Å²) in [7, 11) is 1.72. The summed E-state index contributed by atoms with van der Waals surface area (Å²) in [6.07, 6.45) is 0. The smallest absolute Gasteiger partial charge is 0.197 e. The van der Waals surface area contributed by atoms with Crippen LogP contribution in [0, 0.1) is 0 Å². The fraction of sp³-hybridized carbons (Fsp3) is 0.667. The number of carbonyl (C=O) groups excluding carboxylic acids is 1. The van der Waals surface area contributed by atoms with Crippen LogP contribution >= 0.6 is 15.9 Å². The summed E-state index contributed by atoms with van der Waals surface area (Å²) in [6, 6.07) is 0. The van der Waals surface area contributed by atoms with Crippen LogP contribution < -0.4 is 5.32 Å². The number of hydrogen-bond acceptors (Lipinski definition) is 5. The van der Waals surface area contributed by atoms with Crippen LogP contribution in [0.5, 0.6) is 0 Å². The van der Waals surface area contributed by atoms with Gasteiger partial charge in [0.25, 0.3) is 0 Å². The molecule has 1 aliphatic heterocycles. The predicted molar refractivity (Wildman–Crippen MR) is 62.3 cm³/mol. The van der Waals surface area contributed by atoms with Crippen molar-refractivity contribution in [2.45, 2.75) is 0 Å². The average molecular weight is 288 g/mol. The molecule has 1 N–H and O–H groups in total. The molecular weight excluding hydrogens is 274 g/mol. The first-order valence-corrected chi connectivity index (χ1v) is 5.99. The SMILES string of the molecule is Cn1nnc(Br)c1C(=O)CN1CCNCC1. The lowest BCUT2D eigenvalue weighted by Crippen LogP contribution is -2.45. The molecule has 1 aromatic heterocycles. The van der Waals surface area contributed by atoms with Crippen molar-refractivity contribution in [3.63, 3.8) is 0 Å². The summed E-state index contributed by atoms with van der Waals surface area (Å²) in [4.78, 5) is 14.2. The first-order valence-electron chi connectivity index (χ1n) is 5.20. The fourth-order valence-corrected chi connectivity index (χ4v) is 2.32. The summed E-state index contributed by atoms with van der Waals surface area (Å²) >= 11 is 3.24. The minimum atomic E-state index is 0.0567. The number of aryl methyl sites for hydroxylation is 1. The third kappa shape index (κ3) is 2.47. The van der Waals surface area contributed by atoms with Gasteiger partial charge in [0.15, 0.2) is 10.4 Å². The Hall–Kier alpha value is -0.790. The van der Waals surface area contributed by atoms with E-state index in [4.69, 9.17) is 0 Å². The molecular formula is C9H14BrN5O. The summed E-state index contributed by atoms with van der Waals surface area (Å²) in [5.74, 6) is 0.0567. The lowest BCUT2D eigenvalue weighted by Gasteiger charge is -2.26. The maximum Gasteiger partial charge on any atom is 0.197 e. The minimum absolute atomic E-state index is 0.0567. The highest BCUT2D eigenvalue weighted by atomic mass is 79.9. The van der Waals surface area contributed by atoms with Crippen LogP contribution in [0.1, 0.15) is 10.5 Å². The number of ketones is 1. The number of halogens is 1. The Labute approximate surface area is 102 Å². The van der Waals surface area contributed by atoms with Gasteiger partial charge in [0.1, 0.15) is 5.69 Å². The zero-order valence-corrected chi connectivity index (χ0v) is 10.7. The monoisotopic (exact) mass is 287 g/mol. The van der Waals surface area contributed by atoms with E-state index < -0.39 is 0 Å². The molecule has 0 bridgehead atoms. The third-order valence-electron chi connectivity index (χ3n) is 2.63. The molecule has 1 aromatic rings. The molecule has 16 heavy (non-hydrogen) atoms. The number of carbonyl (C=O) groups is 1. The molecule has 0 spiro atoms. The molecule has 6 nitrogen and oxygen atoms in total. The highest BCUT2D eigenvalue weighted by molar-refractivity contribution is 9.10. The molecule has 1 saturated heterocycles. The Balaban J connectivity index is 2.02. The van der Waals surface area contributed by atoms with Gasteiger partial charge in [-0.1, -0.05) is 5.21 Å². The van der Waals surface area contributed by atoms with Gasteiger partial charge < -0.3 is 5.32 Å². The second-order valence-corrected chi connectivity index (χ2v) is 4.55. The van der Waals surface area contributed by atoms with Crippen molar-refractivity contribution in [1.82, 2.24) is 25.2 Å². The molecule has 0 aliphatic carbocycles. The zero-order valence-electron chi connectivity index (χ0n) is 9.11. The van der Waals surface area contributed by atoms with Crippen molar-refractivity contribution in [3.8, 4) is 0 Å². The average Bonchev–Trinajstić information content (AvgIpc) is 2.60. The largest absolute Gasteiger partial charge is 0.314 e. The van der Waals surface area contributed by atoms with Crippen molar-refractivity contribution in [1.29, 1.82) is 0 Å². The maximum absolute atomic E-state index is 12.0. The first kappa shape index (κ1) is 11.7. The van der Waals surface area contributed by atoms with Gasteiger partial charge in [-0.15, -0.1) is 5.10 Å². The summed E-state index contributed by atoms with van der Waals surface area (Å²) < 4.78 is 2.03. The molecule has 2 rings (SSSR count). The van der Waals surface area contributed by atoms with Crippen molar-refractivity contribution in [2.75, 3.05) is 32.7 Å². The normalized spacial score (nSPS) is 17.6. The van der Waals surface area contributed by atoms with Crippen molar-refractivity contribution in [3.05, 3.63) is 10.3 Å². The van der Waals surface area contributed by atoms with E-state index in [1.165, 1.54) is 4.68 Å². The molecule has 0 radical (unpaired) electrons. The van der Waals surface area contributed by atoms with Crippen LogP contribution in [0.25, 0.3) is 0 Å². The topological polar surface area (TPSA) is 63.1 Å². The van der Waals surface area contributed by atoms with Gasteiger partial charge in [0.05, 0.1) is 6.54 Å². The number of rotatable bonds is 3. The molecule has 88 valence electrons. The van der Waals surface area contributed by atoms with Gasteiger partial charge in [-0.05, 0) is 15.9 Å².